The van der Waals surface area contributed by atoms with Crippen LogP contribution in [0, 0.1) is 11.6 Å². The van der Waals surface area contributed by atoms with Crippen molar-refractivity contribution in [1.82, 2.24) is 9.97 Å². The molecule has 0 saturated carbocycles. The average Bonchev–Trinajstić information content (AvgIpc) is 3.04. The van der Waals surface area contributed by atoms with E-state index in [0.29, 0.717) is 17.6 Å². The Morgan fingerprint density at radius 3 is 2.92 bits per heavy atom. The van der Waals surface area contributed by atoms with Crippen molar-refractivity contribution in [2.45, 2.75) is 43.0 Å². The highest BCUT2D eigenvalue weighted by Gasteiger charge is 2.23. The van der Waals surface area contributed by atoms with Gasteiger partial charge < -0.3 is 10.3 Å². The smallest absolute Gasteiger partial charge is 0.254 e. The summed E-state index contributed by atoms with van der Waals surface area (Å²) in [4.78, 5) is 31.6. The molecule has 1 aliphatic carbocycles. The minimum absolute atomic E-state index is 0.0825. The molecule has 1 amide bonds. The zero-order valence-electron chi connectivity index (χ0n) is 13.6. The summed E-state index contributed by atoms with van der Waals surface area (Å²) >= 11 is 1.13. The predicted octanol–water partition coefficient (Wildman–Crippen LogP) is 3.05. The summed E-state index contributed by atoms with van der Waals surface area (Å²) in [6.45, 7) is 1.81. The Bertz CT molecular complexity index is 869. The van der Waals surface area contributed by atoms with Gasteiger partial charge in [0.15, 0.2) is 5.16 Å². The minimum Gasteiger partial charge on any atom is -0.323 e. The number of aromatic nitrogens is 2. The van der Waals surface area contributed by atoms with Gasteiger partial charge in [0.2, 0.25) is 5.91 Å². The number of thioether (sulfide) groups is 1. The van der Waals surface area contributed by atoms with Crippen molar-refractivity contribution in [3.63, 3.8) is 0 Å². The van der Waals surface area contributed by atoms with Crippen molar-refractivity contribution >= 4 is 23.4 Å². The number of rotatable bonds is 5. The maximum Gasteiger partial charge on any atom is 0.254 e. The molecule has 0 fully saturated rings. The summed E-state index contributed by atoms with van der Waals surface area (Å²) in [5.74, 6) is -1.98. The number of amides is 1. The highest BCUT2D eigenvalue weighted by atomic mass is 32.2. The van der Waals surface area contributed by atoms with Gasteiger partial charge in [-0.25, -0.2) is 13.8 Å². The van der Waals surface area contributed by atoms with Gasteiger partial charge in [0.1, 0.15) is 11.6 Å². The van der Waals surface area contributed by atoms with E-state index in [1.165, 1.54) is 6.07 Å². The van der Waals surface area contributed by atoms with Crippen LogP contribution in [0.1, 0.15) is 31.0 Å². The second kappa shape index (κ2) is 7.35. The third kappa shape index (κ3) is 3.89. The molecule has 1 aromatic heterocycles. The Kier molecular flexibility index (Phi) is 5.17. The van der Waals surface area contributed by atoms with E-state index >= 15 is 0 Å². The summed E-state index contributed by atoms with van der Waals surface area (Å²) < 4.78 is 26.6. The van der Waals surface area contributed by atoms with Crippen LogP contribution in [0.25, 0.3) is 0 Å². The van der Waals surface area contributed by atoms with Crippen LogP contribution < -0.4 is 10.9 Å². The highest BCUT2D eigenvalue weighted by Crippen LogP contribution is 2.26. The first-order valence-corrected chi connectivity index (χ1v) is 8.90. The van der Waals surface area contributed by atoms with E-state index in [4.69, 9.17) is 0 Å². The van der Waals surface area contributed by atoms with Crippen molar-refractivity contribution in [2.24, 2.45) is 0 Å². The van der Waals surface area contributed by atoms with Gasteiger partial charge in [0, 0.05) is 11.6 Å². The molecular formula is C17H17F2N3O2S. The van der Waals surface area contributed by atoms with Crippen LogP contribution >= 0.6 is 11.8 Å². The summed E-state index contributed by atoms with van der Waals surface area (Å²) in [6, 6.07) is 2.96. The summed E-state index contributed by atoms with van der Waals surface area (Å²) in [7, 11) is 0. The van der Waals surface area contributed by atoms with Crippen LogP contribution in [0.4, 0.5) is 14.5 Å². The molecule has 1 aliphatic rings. The summed E-state index contributed by atoms with van der Waals surface area (Å²) in [5.41, 5.74) is 1.26. The second-order valence-corrected chi connectivity index (χ2v) is 6.97. The lowest BCUT2D eigenvalue weighted by Gasteiger charge is -2.15. The molecule has 1 atom stereocenters. The fourth-order valence-corrected chi connectivity index (χ4v) is 3.65. The van der Waals surface area contributed by atoms with Gasteiger partial charge in [-0.2, -0.15) is 0 Å². The number of H-pyrrole nitrogens is 1. The van der Waals surface area contributed by atoms with Gasteiger partial charge in [-0.15, -0.1) is 0 Å². The molecular weight excluding hydrogens is 348 g/mol. The van der Waals surface area contributed by atoms with Gasteiger partial charge >= 0.3 is 0 Å². The zero-order chi connectivity index (χ0) is 18.0. The predicted molar refractivity (Wildman–Crippen MR) is 91.8 cm³/mol. The molecule has 1 unspecified atom stereocenters. The van der Waals surface area contributed by atoms with Crippen LogP contribution in [-0.4, -0.2) is 21.1 Å². The lowest BCUT2D eigenvalue weighted by atomic mass is 10.2. The van der Waals surface area contributed by atoms with E-state index in [2.05, 4.69) is 15.3 Å². The van der Waals surface area contributed by atoms with Gasteiger partial charge in [-0.1, -0.05) is 18.7 Å². The molecule has 1 heterocycles. The maximum absolute atomic E-state index is 13.7. The zero-order valence-corrected chi connectivity index (χ0v) is 14.4. The molecule has 2 aromatic rings. The van der Waals surface area contributed by atoms with Crippen LogP contribution in [0.5, 0.6) is 0 Å². The molecule has 5 nitrogen and oxygen atoms in total. The summed E-state index contributed by atoms with van der Waals surface area (Å²) in [6.07, 6.45) is 2.85. The monoisotopic (exact) mass is 365 g/mol. The van der Waals surface area contributed by atoms with Gasteiger partial charge in [-0.05, 0) is 37.8 Å². The van der Waals surface area contributed by atoms with Crippen molar-refractivity contribution in [2.75, 3.05) is 5.32 Å². The van der Waals surface area contributed by atoms with Crippen molar-refractivity contribution < 1.29 is 13.6 Å². The second-order valence-electron chi connectivity index (χ2n) is 5.78. The Morgan fingerprint density at radius 2 is 2.20 bits per heavy atom. The number of hydrogen-bond acceptors (Lipinski definition) is 4. The Morgan fingerprint density at radius 1 is 1.40 bits per heavy atom. The Balaban J connectivity index is 1.75. The fourth-order valence-electron chi connectivity index (χ4n) is 2.74. The molecule has 0 spiro atoms. The van der Waals surface area contributed by atoms with E-state index in [-0.39, 0.29) is 11.2 Å². The first-order chi connectivity index (χ1) is 12.0. The van der Waals surface area contributed by atoms with Gasteiger partial charge in [0.25, 0.3) is 5.56 Å². The van der Waals surface area contributed by atoms with Crippen LogP contribution in [0.3, 0.4) is 0 Å². The topological polar surface area (TPSA) is 74.8 Å². The van der Waals surface area contributed by atoms with Crippen LogP contribution in [0.2, 0.25) is 0 Å². The number of nitrogens with zero attached hydrogens (tertiary/aromatic N) is 1. The number of aromatic amines is 1. The molecule has 0 aliphatic heterocycles. The number of halogens is 2. The van der Waals surface area contributed by atoms with Crippen molar-refractivity contribution in [3.05, 3.63) is 51.4 Å². The molecule has 132 valence electrons. The first kappa shape index (κ1) is 17.6. The van der Waals surface area contributed by atoms with Crippen LogP contribution in [-0.2, 0) is 17.6 Å². The van der Waals surface area contributed by atoms with Crippen molar-refractivity contribution in [1.29, 1.82) is 0 Å². The molecule has 25 heavy (non-hydrogen) atoms. The van der Waals surface area contributed by atoms with E-state index in [0.717, 1.165) is 48.3 Å². The normalized spacial score (nSPS) is 14.2. The number of anilines is 1. The largest absolute Gasteiger partial charge is 0.323 e. The number of carbonyl (C=O) groups excluding carboxylic acids is 1. The molecule has 0 radical (unpaired) electrons. The number of benzene rings is 1. The lowest BCUT2D eigenvalue weighted by molar-refractivity contribution is -0.115. The molecule has 2 N–H and O–H groups in total. The highest BCUT2D eigenvalue weighted by molar-refractivity contribution is 8.00. The third-order valence-electron chi connectivity index (χ3n) is 4.03. The number of aryl methyl sites for hydroxylation is 1. The standard InChI is InChI=1S/C17H17F2N3O2S/c1-2-14(16(24)20-13-7-6-9(18)8-11(13)19)25-17-21-12-5-3-4-10(12)15(23)22-17/h6-8,14H,2-5H2,1H3,(H,20,24)(H,21,22,23). The van der Waals surface area contributed by atoms with E-state index < -0.39 is 22.8 Å². The first-order valence-electron chi connectivity index (χ1n) is 8.02. The lowest BCUT2D eigenvalue weighted by Crippen LogP contribution is -2.26. The Labute approximate surface area is 147 Å². The molecule has 1 aromatic carbocycles. The Hall–Kier alpha value is -2.22. The fraction of sp³-hybridized carbons (Fsp3) is 0.353. The van der Waals surface area contributed by atoms with Crippen LogP contribution in [0.15, 0.2) is 28.2 Å². The maximum atomic E-state index is 13.7. The number of fused-ring (bicyclic) bond motifs is 1. The SMILES string of the molecule is CCC(Sc1nc2c(c(=O)[nH]1)CCC2)C(=O)Nc1ccc(F)cc1F. The van der Waals surface area contributed by atoms with E-state index in [1.807, 2.05) is 6.92 Å². The third-order valence-corrected chi connectivity index (χ3v) is 5.27. The average molecular weight is 365 g/mol. The van der Waals surface area contributed by atoms with Crippen molar-refractivity contribution in [3.8, 4) is 0 Å². The van der Waals surface area contributed by atoms with Gasteiger partial charge in [-0.3, -0.25) is 9.59 Å². The van der Waals surface area contributed by atoms with E-state index in [9.17, 15) is 18.4 Å². The minimum atomic E-state index is -0.836. The number of hydrogen-bond donors (Lipinski definition) is 2. The number of nitrogens with one attached hydrogen (secondary N) is 2. The molecule has 0 saturated heterocycles. The summed E-state index contributed by atoms with van der Waals surface area (Å²) in [5, 5.41) is 2.27. The van der Waals surface area contributed by atoms with Gasteiger partial charge in [0.05, 0.1) is 16.6 Å². The number of carbonyl (C=O) groups is 1. The molecule has 3 rings (SSSR count). The molecule has 8 heteroatoms. The quantitative estimate of drug-likeness (QED) is 0.631. The molecule has 0 bridgehead atoms. The van der Waals surface area contributed by atoms with E-state index in [1.54, 1.807) is 0 Å².